The van der Waals surface area contributed by atoms with Gasteiger partial charge in [-0.1, -0.05) is 49.4 Å². The van der Waals surface area contributed by atoms with Crippen molar-refractivity contribution in [1.82, 2.24) is 4.90 Å². The Morgan fingerprint density at radius 3 is 2.45 bits per heavy atom. The molecule has 29 heavy (non-hydrogen) atoms. The van der Waals surface area contributed by atoms with E-state index >= 15 is 0 Å². The highest BCUT2D eigenvalue weighted by atomic mass is 16.2. The van der Waals surface area contributed by atoms with Gasteiger partial charge in [0.2, 0.25) is 17.7 Å². The number of carbonyl (C=O) groups excluding carboxylic acids is 3. The molecule has 2 aliphatic rings. The van der Waals surface area contributed by atoms with Gasteiger partial charge in [-0.05, 0) is 29.2 Å². The molecule has 150 valence electrons. The van der Waals surface area contributed by atoms with Crippen LogP contribution in [0.4, 0.5) is 5.69 Å². The third kappa shape index (κ3) is 3.50. The first-order valence-electron chi connectivity index (χ1n) is 10.0. The number of rotatable bonds is 4. The lowest BCUT2D eigenvalue weighted by Crippen LogP contribution is -2.53. The van der Waals surface area contributed by atoms with E-state index in [1.54, 1.807) is 9.80 Å². The summed E-state index contributed by atoms with van der Waals surface area (Å²) in [5.74, 6) is -1.21. The van der Waals surface area contributed by atoms with Gasteiger partial charge < -0.3 is 15.5 Å². The lowest BCUT2D eigenvalue weighted by Gasteiger charge is -2.36. The second-order valence-electron chi connectivity index (χ2n) is 7.74. The van der Waals surface area contributed by atoms with Gasteiger partial charge in [0.1, 0.15) is 6.04 Å². The molecule has 1 fully saturated rings. The fourth-order valence-corrected chi connectivity index (χ4v) is 4.42. The first-order chi connectivity index (χ1) is 14.0. The molecule has 6 heteroatoms. The Balaban J connectivity index is 1.58. The van der Waals surface area contributed by atoms with Gasteiger partial charge in [0.05, 0.1) is 5.92 Å². The average molecular weight is 391 g/mol. The number of anilines is 1. The summed E-state index contributed by atoms with van der Waals surface area (Å²) in [5.41, 5.74) is 9.64. The smallest absolute Gasteiger partial charge is 0.240 e. The fourth-order valence-electron chi connectivity index (χ4n) is 4.42. The number of hydrogen-bond acceptors (Lipinski definition) is 3. The van der Waals surface area contributed by atoms with Crippen LogP contribution in [0.25, 0.3) is 0 Å². The van der Waals surface area contributed by atoms with Crippen molar-refractivity contribution < 1.29 is 14.4 Å². The standard InChI is InChI=1S/C23H25N3O3/c1-2-15-7-5-6-10-19(15)25-14-18(12-21(25)27)23(29)26-13-17-9-4-3-8-16(17)11-20(26)22(24)28/h3-10,18,20H,2,11-14H2,1H3,(H2,24,28)/t18-,20+/m1/s1. The van der Waals surface area contributed by atoms with Gasteiger partial charge in [-0.25, -0.2) is 0 Å². The van der Waals surface area contributed by atoms with E-state index in [1.165, 1.54) is 0 Å². The van der Waals surface area contributed by atoms with Crippen LogP contribution in [0.3, 0.4) is 0 Å². The lowest BCUT2D eigenvalue weighted by atomic mass is 9.92. The van der Waals surface area contributed by atoms with Crippen LogP contribution < -0.4 is 10.6 Å². The van der Waals surface area contributed by atoms with Crippen LogP contribution in [-0.2, 0) is 33.8 Å². The van der Waals surface area contributed by atoms with Crippen LogP contribution in [0.5, 0.6) is 0 Å². The largest absolute Gasteiger partial charge is 0.368 e. The van der Waals surface area contributed by atoms with E-state index in [0.29, 0.717) is 19.5 Å². The van der Waals surface area contributed by atoms with Crippen LogP contribution in [0.15, 0.2) is 48.5 Å². The molecule has 2 aromatic rings. The van der Waals surface area contributed by atoms with Crippen LogP contribution in [0.2, 0.25) is 0 Å². The molecule has 0 bridgehead atoms. The Morgan fingerprint density at radius 2 is 1.72 bits per heavy atom. The number of amides is 3. The molecule has 1 saturated heterocycles. The normalized spacial score (nSPS) is 21.2. The summed E-state index contributed by atoms with van der Waals surface area (Å²) < 4.78 is 0. The van der Waals surface area contributed by atoms with Gasteiger partial charge >= 0.3 is 0 Å². The summed E-state index contributed by atoms with van der Waals surface area (Å²) in [4.78, 5) is 41.4. The molecule has 0 spiro atoms. The van der Waals surface area contributed by atoms with E-state index in [-0.39, 0.29) is 18.2 Å². The molecule has 3 amide bonds. The molecular weight excluding hydrogens is 366 g/mol. The van der Waals surface area contributed by atoms with E-state index in [0.717, 1.165) is 28.8 Å². The molecule has 2 heterocycles. The highest BCUT2D eigenvalue weighted by Crippen LogP contribution is 2.31. The Labute approximate surface area is 170 Å². The third-order valence-corrected chi connectivity index (χ3v) is 6.00. The van der Waals surface area contributed by atoms with Crippen LogP contribution >= 0.6 is 0 Å². The molecule has 0 saturated carbocycles. The zero-order chi connectivity index (χ0) is 20.5. The first kappa shape index (κ1) is 19.2. The number of aryl methyl sites for hydroxylation is 1. The molecular formula is C23H25N3O3. The van der Waals surface area contributed by atoms with Crippen molar-refractivity contribution in [3.63, 3.8) is 0 Å². The van der Waals surface area contributed by atoms with Gasteiger partial charge in [0, 0.05) is 31.6 Å². The van der Waals surface area contributed by atoms with Crippen molar-refractivity contribution in [2.45, 2.75) is 38.8 Å². The molecule has 0 aliphatic carbocycles. The van der Waals surface area contributed by atoms with E-state index in [2.05, 4.69) is 0 Å². The molecule has 6 nitrogen and oxygen atoms in total. The topological polar surface area (TPSA) is 83.7 Å². The number of benzene rings is 2. The third-order valence-electron chi connectivity index (χ3n) is 6.00. The molecule has 2 aromatic carbocycles. The van der Waals surface area contributed by atoms with Crippen molar-refractivity contribution in [1.29, 1.82) is 0 Å². The van der Waals surface area contributed by atoms with E-state index in [9.17, 15) is 14.4 Å². The summed E-state index contributed by atoms with van der Waals surface area (Å²) in [7, 11) is 0. The maximum atomic E-state index is 13.3. The summed E-state index contributed by atoms with van der Waals surface area (Å²) in [6.45, 7) is 2.72. The Hall–Kier alpha value is -3.15. The maximum Gasteiger partial charge on any atom is 0.240 e. The predicted molar refractivity (Wildman–Crippen MR) is 110 cm³/mol. The summed E-state index contributed by atoms with van der Waals surface area (Å²) in [6, 6.07) is 14.9. The van der Waals surface area contributed by atoms with Crippen LogP contribution in [-0.4, -0.2) is 35.2 Å². The number of hydrogen-bond donors (Lipinski definition) is 1. The zero-order valence-corrected chi connectivity index (χ0v) is 16.5. The quantitative estimate of drug-likeness (QED) is 0.866. The molecule has 0 unspecified atom stereocenters. The Bertz CT molecular complexity index is 971. The average Bonchev–Trinajstić information content (AvgIpc) is 3.13. The highest BCUT2D eigenvalue weighted by Gasteiger charge is 2.41. The molecule has 0 radical (unpaired) electrons. The number of carbonyl (C=O) groups is 3. The minimum Gasteiger partial charge on any atom is -0.368 e. The minimum absolute atomic E-state index is 0.0581. The van der Waals surface area contributed by atoms with E-state index in [1.807, 2.05) is 55.5 Å². The van der Waals surface area contributed by atoms with E-state index < -0.39 is 17.9 Å². The Morgan fingerprint density at radius 1 is 1.03 bits per heavy atom. The number of nitrogens with two attached hydrogens (primary N) is 1. The second-order valence-corrected chi connectivity index (χ2v) is 7.74. The minimum atomic E-state index is -0.676. The molecule has 4 rings (SSSR count). The molecule has 0 aromatic heterocycles. The second kappa shape index (κ2) is 7.70. The zero-order valence-electron chi connectivity index (χ0n) is 16.5. The van der Waals surface area contributed by atoms with Gasteiger partial charge in [-0.15, -0.1) is 0 Å². The number of para-hydroxylation sites is 1. The van der Waals surface area contributed by atoms with Gasteiger partial charge in [-0.2, -0.15) is 0 Å². The molecule has 2 aliphatic heterocycles. The number of fused-ring (bicyclic) bond motifs is 1. The summed E-state index contributed by atoms with van der Waals surface area (Å²) in [5, 5.41) is 0. The van der Waals surface area contributed by atoms with Crippen molar-refractivity contribution >= 4 is 23.4 Å². The summed E-state index contributed by atoms with van der Waals surface area (Å²) >= 11 is 0. The van der Waals surface area contributed by atoms with Crippen molar-refractivity contribution in [2.75, 3.05) is 11.4 Å². The van der Waals surface area contributed by atoms with Crippen molar-refractivity contribution in [3.05, 3.63) is 65.2 Å². The van der Waals surface area contributed by atoms with E-state index in [4.69, 9.17) is 5.73 Å². The van der Waals surface area contributed by atoms with Crippen molar-refractivity contribution in [2.24, 2.45) is 11.7 Å². The SMILES string of the molecule is CCc1ccccc1N1C[C@H](C(=O)N2Cc3ccccc3C[C@H]2C(N)=O)CC1=O. The highest BCUT2D eigenvalue weighted by molar-refractivity contribution is 6.01. The van der Waals surface area contributed by atoms with Crippen molar-refractivity contribution in [3.8, 4) is 0 Å². The lowest BCUT2D eigenvalue weighted by molar-refractivity contribution is -0.143. The fraction of sp³-hybridized carbons (Fsp3) is 0.348. The Kier molecular flexibility index (Phi) is 5.09. The summed E-state index contributed by atoms with van der Waals surface area (Å²) in [6.07, 6.45) is 1.38. The monoisotopic (exact) mass is 391 g/mol. The number of nitrogens with zero attached hydrogens (tertiary/aromatic N) is 2. The van der Waals surface area contributed by atoms with Gasteiger partial charge in [-0.3, -0.25) is 14.4 Å². The van der Waals surface area contributed by atoms with Crippen LogP contribution in [0.1, 0.15) is 30.0 Å². The molecule has 2 atom stereocenters. The first-order valence-corrected chi connectivity index (χ1v) is 10.0. The van der Waals surface area contributed by atoms with Gasteiger partial charge in [0.25, 0.3) is 0 Å². The predicted octanol–water partition coefficient (Wildman–Crippen LogP) is 2.04. The number of primary amides is 1. The molecule has 2 N–H and O–H groups in total. The maximum absolute atomic E-state index is 13.3. The van der Waals surface area contributed by atoms with Gasteiger partial charge in [0.15, 0.2) is 0 Å². The van der Waals surface area contributed by atoms with Crippen LogP contribution in [0, 0.1) is 5.92 Å².